The van der Waals surface area contributed by atoms with E-state index in [0.717, 1.165) is 25.0 Å². The van der Waals surface area contributed by atoms with Crippen LogP contribution in [0.1, 0.15) is 25.7 Å². The summed E-state index contributed by atoms with van der Waals surface area (Å²) in [6.07, 6.45) is 3.32. The number of urea groups is 1. The van der Waals surface area contributed by atoms with E-state index in [1.807, 2.05) is 11.8 Å². The number of fused-ring (bicyclic) bond motifs is 1. The van der Waals surface area contributed by atoms with Crippen LogP contribution in [0.15, 0.2) is 0 Å². The number of rotatable bonds is 25. The third kappa shape index (κ3) is 15.7. The molecule has 3 amide bonds. The lowest BCUT2D eigenvalue weighted by Crippen LogP contribution is -2.36. The van der Waals surface area contributed by atoms with E-state index in [1.165, 1.54) is 0 Å². The van der Waals surface area contributed by atoms with Crippen LogP contribution >= 0.6 is 11.8 Å². The van der Waals surface area contributed by atoms with Crippen molar-refractivity contribution in [3.05, 3.63) is 0 Å². The van der Waals surface area contributed by atoms with Gasteiger partial charge in [-0.1, -0.05) is 6.42 Å². The topological polar surface area (TPSA) is 163 Å². The first-order valence-corrected chi connectivity index (χ1v) is 14.2. The second-order valence-electron chi connectivity index (χ2n) is 8.73. The molecule has 0 saturated carbocycles. The van der Waals surface area contributed by atoms with Crippen LogP contribution in [-0.2, 0) is 38.0 Å². The predicted octanol–water partition coefficient (Wildman–Crippen LogP) is 0.0126. The lowest BCUT2D eigenvalue weighted by atomic mass is 10.0. The molecular weight excluding hydrogens is 522 g/mol. The van der Waals surface area contributed by atoms with Crippen molar-refractivity contribution in [2.45, 2.75) is 43.0 Å². The third-order valence-corrected chi connectivity index (χ3v) is 7.24. The molecule has 0 aromatic carbocycles. The quantitative estimate of drug-likeness (QED) is 0.0871. The van der Waals surface area contributed by atoms with Gasteiger partial charge in [0.15, 0.2) is 0 Å². The monoisotopic (exact) mass is 565 g/mol. The SMILES string of the molecule is O=C(O)COCCOCCOCCOCCOCCOCCNC(=O)CCCC[C@@H]1SC[C@@H]2NC(=O)N[C@@H]21. The van der Waals surface area contributed by atoms with Gasteiger partial charge in [-0.3, -0.25) is 4.79 Å². The maximum Gasteiger partial charge on any atom is 0.329 e. The lowest BCUT2D eigenvalue weighted by molar-refractivity contribution is -0.142. The standard InChI is InChI=1S/C24H43N3O10S/c28-21(4-2-1-3-20-23-19(18-38-20)26-24(31)27-23)25-5-6-32-7-8-33-9-10-34-11-12-35-13-14-36-15-16-37-17-22(29)30/h19-20,23H,1-18H2,(H,25,28)(H,29,30)(H2,26,27,31)/t19-,20-,23-/m0/s1. The van der Waals surface area contributed by atoms with Gasteiger partial charge in [0.2, 0.25) is 5.91 Å². The second-order valence-corrected chi connectivity index (χ2v) is 10.00. The molecule has 220 valence electrons. The fourth-order valence-corrected chi connectivity index (χ4v) is 5.43. The minimum absolute atomic E-state index is 0.0360. The fraction of sp³-hybridized carbons (Fsp3) is 0.875. The molecule has 13 nitrogen and oxygen atoms in total. The van der Waals surface area contributed by atoms with Gasteiger partial charge in [0.1, 0.15) is 6.61 Å². The number of carboxylic acids is 1. The summed E-state index contributed by atoms with van der Waals surface area (Å²) in [4.78, 5) is 33.6. The van der Waals surface area contributed by atoms with Crippen LogP contribution in [0, 0.1) is 0 Å². The van der Waals surface area contributed by atoms with Gasteiger partial charge in [-0.25, -0.2) is 9.59 Å². The Bertz CT molecular complexity index is 675. The predicted molar refractivity (Wildman–Crippen MR) is 140 cm³/mol. The molecule has 0 unspecified atom stereocenters. The number of nitrogens with one attached hydrogen (secondary N) is 3. The average Bonchev–Trinajstić information content (AvgIpc) is 3.44. The highest BCUT2D eigenvalue weighted by Gasteiger charge is 2.42. The van der Waals surface area contributed by atoms with Crippen molar-refractivity contribution in [3.63, 3.8) is 0 Å². The number of hydrogen-bond donors (Lipinski definition) is 4. The molecule has 0 aromatic heterocycles. The molecule has 0 radical (unpaired) electrons. The Morgan fingerprint density at radius 2 is 1.37 bits per heavy atom. The number of ether oxygens (including phenoxy) is 6. The Morgan fingerprint density at radius 1 is 0.816 bits per heavy atom. The summed E-state index contributed by atoms with van der Waals surface area (Å²) in [7, 11) is 0. The molecule has 2 heterocycles. The number of amides is 3. The first-order chi connectivity index (χ1) is 18.6. The highest BCUT2D eigenvalue weighted by molar-refractivity contribution is 8.00. The van der Waals surface area contributed by atoms with E-state index in [9.17, 15) is 14.4 Å². The van der Waals surface area contributed by atoms with E-state index < -0.39 is 5.97 Å². The number of thioether (sulfide) groups is 1. The van der Waals surface area contributed by atoms with Gasteiger partial charge in [-0.2, -0.15) is 11.8 Å². The van der Waals surface area contributed by atoms with Crippen molar-refractivity contribution >= 4 is 29.7 Å². The maximum atomic E-state index is 12.0. The number of hydrogen-bond acceptors (Lipinski definition) is 10. The Morgan fingerprint density at radius 3 is 1.95 bits per heavy atom. The Hall–Kier alpha value is -1.68. The van der Waals surface area contributed by atoms with Gasteiger partial charge < -0.3 is 49.5 Å². The molecule has 3 atom stereocenters. The summed E-state index contributed by atoms with van der Waals surface area (Å²) >= 11 is 1.90. The van der Waals surface area contributed by atoms with Gasteiger partial charge >= 0.3 is 12.0 Å². The van der Waals surface area contributed by atoms with Crippen LogP contribution in [0.2, 0.25) is 0 Å². The minimum atomic E-state index is -0.999. The number of unbranched alkanes of at least 4 members (excludes halogenated alkanes) is 1. The van der Waals surface area contributed by atoms with Crippen LogP contribution in [0.25, 0.3) is 0 Å². The van der Waals surface area contributed by atoms with Gasteiger partial charge in [0.05, 0.1) is 84.8 Å². The summed E-state index contributed by atoms with van der Waals surface area (Å²) in [6, 6.07) is 0.403. The molecule has 0 aromatic rings. The van der Waals surface area contributed by atoms with Crippen molar-refractivity contribution in [3.8, 4) is 0 Å². The zero-order valence-corrected chi connectivity index (χ0v) is 22.8. The van der Waals surface area contributed by atoms with E-state index in [0.29, 0.717) is 84.3 Å². The number of carboxylic acid groups (broad SMARTS) is 1. The van der Waals surface area contributed by atoms with Gasteiger partial charge in [0, 0.05) is 24.0 Å². The minimum Gasteiger partial charge on any atom is -0.480 e. The van der Waals surface area contributed by atoms with Crippen LogP contribution in [-0.4, -0.2) is 132 Å². The first-order valence-electron chi connectivity index (χ1n) is 13.2. The van der Waals surface area contributed by atoms with Crippen molar-refractivity contribution in [2.24, 2.45) is 0 Å². The molecule has 2 fully saturated rings. The van der Waals surface area contributed by atoms with Crippen molar-refractivity contribution in [1.82, 2.24) is 16.0 Å². The third-order valence-electron chi connectivity index (χ3n) is 5.73. The van der Waals surface area contributed by atoms with Crippen LogP contribution in [0.3, 0.4) is 0 Å². The molecule has 0 aliphatic carbocycles. The summed E-state index contributed by atoms with van der Waals surface area (Å²) in [5.41, 5.74) is 0. The highest BCUT2D eigenvalue weighted by atomic mass is 32.2. The summed E-state index contributed by atoms with van der Waals surface area (Å²) in [5.74, 6) is -0.00564. The zero-order chi connectivity index (χ0) is 27.3. The second kappa shape index (κ2) is 21.2. The van der Waals surface area contributed by atoms with Crippen LogP contribution in [0.5, 0.6) is 0 Å². The molecule has 2 aliphatic heterocycles. The molecule has 14 heteroatoms. The van der Waals surface area contributed by atoms with Crippen molar-refractivity contribution < 1.29 is 47.9 Å². The largest absolute Gasteiger partial charge is 0.480 e. The molecular formula is C24H43N3O10S. The normalized spacial score (nSPS) is 20.2. The first kappa shape index (κ1) is 32.5. The number of carbonyl (C=O) groups excluding carboxylic acids is 2. The zero-order valence-electron chi connectivity index (χ0n) is 22.0. The van der Waals surface area contributed by atoms with E-state index in [2.05, 4.69) is 16.0 Å². The molecule has 38 heavy (non-hydrogen) atoms. The smallest absolute Gasteiger partial charge is 0.329 e. The summed E-state index contributed by atoms with van der Waals surface area (Å²) in [6.45, 7) is 4.73. The molecule has 2 rings (SSSR count). The van der Waals surface area contributed by atoms with Gasteiger partial charge in [-0.05, 0) is 12.8 Å². The van der Waals surface area contributed by atoms with Crippen LogP contribution in [0.4, 0.5) is 4.79 Å². The van der Waals surface area contributed by atoms with Gasteiger partial charge in [0.25, 0.3) is 0 Å². The van der Waals surface area contributed by atoms with Crippen molar-refractivity contribution in [2.75, 3.05) is 91.6 Å². The van der Waals surface area contributed by atoms with E-state index in [1.54, 1.807) is 0 Å². The van der Waals surface area contributed by atoms with Gasteiger partial charge in [-0.15, -0.1) is 0 Å². The van der Waals surface area contributed by atoms with Crippen LogP contribution < -0.4 is 16.0 Å². The highest BCUT2D eigenvalue weighted by Crippen LogP contribution is 2.33. The fourth-order valence-electron chi connectivity index (χ4n) is 3.88. The Labute approximate surface area is 228 Å². The summed E-state index contributed by atoms with van der Waals surface area (Å²) in [5, 5.41) is 17.6. The molecule has 4 N–H and O–H groups in total. The molecule has 0 bridgehead atoms. The molecule has 2 aliphatic rings. The van der Waals surface area contributed by atoms with E-state index >= 15 is 0 Å². The summed E-state index contributed by atoms with van der Waals surface area (Å²) < 4.78 is 31.7. The number of carbonyl (C=O) groups is 3. The average molecular weight is 566 g/mol. The Balaban J connectivity index is 1.23. The maximum absolute atomic E-state index is 12.0. The molecule has 0 spiro atoms. The van der Waals surface area contributed by atoms with E-state index in [-0.39, 0.29) is 37.2 Å². The number of aliphatic carboxylic acids is 1. The lowest BCUT2D eigenvalue weighted by Gasteiger charge is -2.16. The molecule has 2 saturated heterocycles. The van der Waals surface area contributed by atoms with Crippen molar-refractivity contribution in [1.29, 1.82) is 0 Å². The Kier molecular flexibility index (Phi) is 18.1. The van der Waals surface area contributed by atoms with E-state index in [4.69, 9.17) is 33.5 Å².